The molecule has 6 heteroatoms. The van der Waals surface area contributed by atoms with Gasteiger partial charge in [0.05, 0.1) is 12.0 Å². The van der Waals surface area contributed by atoms with Crippen LogP contribution < -0.4 is 5.32 Å². The third-order valence-corrected chi connectivity index (χ3v) is 4.60. The number of Topliss-reactive ketones (excluding diaryl/α,β-unsaturated/α-hetero) is 1. The van der Waals surface area contributed by atoms with E-state index in [-0.39, 0.29) is 23.9 Å². The van der Waals surface area contributed by atoms with Crippen LogP contribution in [0.2, 0.25) is 0 Å². The summed E-state index contributed by atoms with van der Waals surface area (Å²) in [6, 6.07) is 10.1. The Kier molecular flexibility index (Phi) is 5.65. The summed E-state index contributed by atoms with van der Waals surface area (Å²) in [5.74, 6) is -0.942. The first-order chi connectivity index (χ1) is 12.1. The van der Waals surface area contributed by atoms with Crippen LogP contribution in [0.5, 0.6) is 0 Å². The maximum Gasteiger partial charge on any atom is 0.305 e. The number of hydrogen-bond donors (Lipinski definition) is 2. The van der Waals surface area contributed by atoms with Crippen LogP contribution in [0.4, 0.5) is 0 Å². The summed E-state index contributed by atoms with van der Waals surface area (Å²) >= 11 is 0. The molecular formula is C20H23NO5. The molecular weight excluding hydrogens is 334 g/mol. The molecule has 0 aliphatic rings. The molecule has 1 amide bonds. The van der Waals surface area contributed by atoms with E-state index in [0.717, 1.165) is 5.56 Å². The number of carbonyl (C=O) groups is 3. The van der Waals surface area contributed by atoms with Crippen LogP contribution in [-0.4, -0.2) is 28.3 Å². The lowest BCUT2D eigenvalue weighted by Crippen LogP contribution is -2.51. The van der Waals surface area contributed by atoms with Crippen molar-refractivity contribution in [1.29, 1.82) is 0 Å². The van der Waals surface area contributed by atoms with E-state index in [4.69, 9.17) is 9.52 Å². The van der Waals surface area contributed by atoms with Crippen LogP contribution in [0.3, 0.4) is 0 Å². The zero-order valence-corrected chi connectivity index (χ0v) is 15.3. The largest absolute Gasteiger partial charge is 0.481 e. The molecule has 0 spiro atoms. The Morgan fingerprint density at radius 1 is 1.12 bits per heavy atom. The number of aliphatic carboxylic acids is 1. The average molecular weight is 357 g/mol. The highest BCUT2D eigenvalue weighted by Crippen LogP contribution is 2.25. The second-order valence-electron chi connectivity index (χ2n) is 6.89. The summed E-state index contributed by atoms with van der Waals surface area (Å²) in [6.07, 6.45) is -0.184. The van der Waals surface area contributed by atoms with E-state index in [1.54, 1.807) is 43.3 Å². The van der Waals surface area contributed by atoms with Gasteiger partial charge in [-0.15, -0.1) is 0 Å². The van der Waals surface area contributed by atoms with Crippen LogP contribution in [0, 0.1) is 5.92 Å². The monoisotopic (exact) mass is 357 g/mol. The van der Waals surface area contributed by atoms with Gasteiger partial charge < -0.3 is 14.8 Å². The summed E-state index contributed by atoms with van der Waals surface area (Å²) in [7, 11) is 0. The van der Waals surface area contributed by atoms with Gasteiger partial charge in [-0.2, -0.15) is 0 Å². The summed E-state index contributed by atoms with van der Waals surface area (Å²) in [6.45, 7) is 6.90. The lowest BCUT2D eigenvalue weighted by molar-refractivity contribution is -0.138. The molecule has 0 radical (unpaired) electrons. The SMILES string of the molecule is CC(=O)c1ccc(-c2ccc(C(=O)NC(C)(CC(=O)O)C(C)C)o2)cc1. The molecule has 1 atom stereocenters. The van der Waals surface area contributed by atoms with Crippen molar-refractivity contribution in [2.24, 2.45) is 5.92 Å². The maximum atomic E-state index is 12.5. The van der Waals surface area contributed by atoms with Gasteiger partial charge in [0.15, 0.2) is 11.5 Å². The van der Waals surface area contributed by atoms with Crippen molar-refractivity contribution in [2.75, 3.05) is 0 Å². The van der Waals surface area contributed by atoms with Gasteiger partial charge in [-0.25, -0.2) is 0 Å². The number of carboxylic acids is 1. The number of benzene rings is 1. The van der Waals surface area contributed by atoms with Gasteiger partial charge in [0, 0.05) is 11.1 Å². The fraction of sp³-hybridized carbons (Fsp3) is 0.350. The molecule has 0 fully saturated rings. The molecule has 0 aliphatic carbocycles. The molecule has 0 aliphatic heterocycles. The lowest BCUT2D eigenvalue weighted by Gasteiger charge is -2.33. The maximum absolute atomic E-state index is 12.5. The van der Waals surface area contributed by atoms with Gasteiger partial charge in [-0.05, 0) is 31.9 Å². The van der Waals surface area contributed by atoms with Crippen molar-refractivity contribution >= 4 is 17.7 Å². The van der Waals surface area contributed by atoms with Crippen LogP contribution >= 0.6 is 0 Å². The first kappa shape index (κ1) is 19.4. The minimum atomic E-state index is -0.979. The Morgan fingerprint density at radius 3 is 2.23 bits per heavy atom. The van der Waals surface area contributed by atoms with Crippen LogP contribution in [0.15, 0.2) is 40.8 Å². The number of rotatable bonds is 7. The molecule has 0 bridgehead atoms. The molecule has 2 rings (SSSR count). The topological polar surface area (TPSA) is 96.6 Å². The molecule has 138 valence electrons. The van der Waals surface area contributed by atoms with Gasteiger partial charge >= 0.3 is 5.97 Å². The van der Waals surface area contributed by atoms with Gasteiger partial charge in [0.2, 0.25) is 0 Å². The van der Waals surface area contributed by atoms with Crippen LogP contribution in [0.25, 0.3) is 11.3 Å². The summed E-state index contributed by atoms with van der Waals surface area (Å²) in [5, 5.41) is 11.9. The van der Waals surface area contributed by atoms with E-state index in [1.807, 2.05) is 13.8 Å². The van der Waals surface area contributed by atoms with Crippen molar-refractivity contribution < 1.29 is 23.9 Å². The number of ketones is 1. The van der Waals surface area contributed by atoms with Gasteiger partial charge in [-0.1, -0.05) is 38.1 Å². The highest BCUT2D eigenvalue weighted by Gasteiger charge is 2.33. The highest BCUT2D eigenvalue weighted by atomic mass is 16.4. The third-order valence-electron chi connectivity index (χ3n) is 4.60. The average Bonchev–Trinajstić information content (AvgIpc) is 3.04. The van der Waals surface area contributed by atoms with Crippen LogP contribution in [0.1, 0.15) is 55.0 Å². The molecule has 0 saturated carbocycles. The minimum absolute atomic E-state index is 0.0255. The van der Waals surface area contributed by atoms with Gasteiger partial charge in [0.1, 0.15) is 5.76 Å². The molecule has 2 aromatic rings. The van der Waals surface area contributed by atoms with E-state index in [9.17, 15) is 14.4 Å². The Morgan fingerprint density at radius 2 is 1.73 bits per heavy atom. The second-order valence-corrected chi connectivity index (χ2v) is 6.89. The number of furan rings is 1. The van der Waals surface area contributed by atoms with E-state index < -0.39 is 17.4 Å². The Labute approximate surface area is 152 Å². The number of carboxylic acid groups (broad SMARTS) is 1. The fourth-order valence-corrected chi connectivity index (χ4v) is 2.51. The third kappa shape index (κ3) is 4.39. The van der Waals surface area contributed by atoms with Crippen molar-refractivity contribution in [3.05, 3.63) is 47.7 Å². The van der Waals surface area contributed by atoms with Crippen LogP contribution in [-0.2, 0) is 4.79 Å². The Hall–Kier alpha value is -2.89. The molecule has 1 unspecified atom stereocenters. The predicted molar refractivity (Wildman–Crippen MR) is 97.1 cm³/mol. The minimum Gasteiger partial charge on any atom is -0.481 e. The number of hydrogen-bond acceptors (Lipinski definition) is 4. The second kappa shape index (κ2) is 7.56. The normalized spacial score (nSPS) is 13.3. The van der Waals surface area contributed by atoms with E-state index in [0.29, 0.717) is 11.3 Å². The molecule has 0 saturated heterocycles. The number of carbonyl (C=O) groups excluding carboxylic acids is 2. The molecule has 1 heterocycles. The smallest absolute Gasteiger partial charge is 0.305 e. The van der Waals surface area contributed by atoms with Gasteiger partial charge in [-0.3, -0.25) is 14.4 Å². The highest BCUT2D eigenvalue weighted by molar-refractivity contribution is 5.95. The van der Waals surface area contributed by atoms with Crippen molar-refractivity contribution in [1.82, 2.24) is 5.32 Å². The van der Waals surface area contributed by atoms with E-state index in [1.165, 1.54) is 6.92 Å². The molecule has 1 aromatic heterocycles. The predicted octanol–water partition coefficient (Wildman–Crippen LogP) is 3.77. The quantitative estimate of drug-likeness (QED) is 0.735. The van der Waals surface area contributed by atoms with Crippen molar-refractivity contribution in [3.8, 4) is 11.3 Å². The summed E-state index contributed by atoms with van der Waals surface area (Å²) < 4.78 is 5.62. The Bertz CT molecular complexity index is 819. The fourth-order valence-electron chi connectivity index (χ4n) is 2.51. The standard InChI is InChI=1S/C20H23NO5/c1-12(2)20(4,11-18(23)24)21-19(25)17-10-9-16(26-17)15-7-5-14(6-8-15)13(3)22/h5-10,12H,11H2,1-4H3,(H,21,25)(H,23,24). The first-order valence-electron chi connectivity index (χ1n) is 8.38. The summed E-state index contributed by atoms with van der Waals surface area (Å²) in [5.41, 5.74) is 0.449. The molecule has 2 N–H and O–H groups in total. The Balaban J connectivity index is 2.19. The summed E-state index contributed by atoms with van der Waals surface area (Å²) in [4.78, 5) is 34.9. The van der Waals surface area contributed by atoms with E-state index in [2.05, 4.69) is 5.32 Å². The van der Waals surface area contributed by atoms with E-state index >= 15 is 0 Å². The number of amides is 1. The lowest BCUT2D eigenvalue weighted by atomic mass is 9.85. The molecule has 6 nitrogen and oxygen atoms in total. The van der Waals surface area contributed by atoms with Gasteiger partial charge in [0.25, 0.3) is 5.91 Å². The van der Waals surface area contributed by atoms with Crippen molar-refractivity contribution in [2.45, 2.75) is 39.7 Å². The zero-order valence-electron chi connectivity index (χ0n) is 15.3. The molecule has 26 heavy (non-hydrogen) atoms. The number of nitrogens with one attached hydrogen (secondary N) is 1. The zero-order chi connectivity index (χ0) is 19.5. The van der Waals surface area contributed by atoms with Crippen molar-refractivity contribution in [3.63, 3.8) is 0 Å². The molecule has 1 aromatic carbocycles. The first-order valence-corrected chi connectivity index (χ1v) is 8.38.